The van der Waals surface area contributed by atoms with Crippen LogP contribution < -0.4 is 15.2 Å². The molecule has 0 bridgehead atoms. The number of hydrogen-bond donors (Lipinski definition) is 0. The molecule has 6 rings (SSSR count). The first-order valence-corrected chi connectivity index (χ1v) is 17.7. The summed E-state index contributed by atoms with van der Waals surface area (Å²) in [6.07, 6.45) is 1.94. The van der Waals surface area contributed by atoms with Crippen molar-refractivity contribution in [3.05, 3.63) is 87.8 Å². The fourth-order valence-corrected chi connectivity index (χ4v) is 8.36. The SMILES string of the molecule is CCCN1CCN(C2CCN(C(=O)C(c3cccc(OC)c3)n3c(=O)n(S(=O)(=O)c4ccc(OC)cc4)c4ccc(Cl)cc43)C2)CC1. The van der Waals surface area contributed by atoms with Gasteiger partial charge in [0.05, 0.1) is 30.1 Å². The molecule has 2 fully saturated rings. The molecule has 0 aliphatic carbocycles. The molecule has 47 heavy (non-hydrogen) atoms. The molecule has 1 amide bonds. The summed E-state index contributed by atoms with van der Waals surface area (Å²) in [5, 5.41) is 0.297. The summed E-state index contributed by atoms with van der Waals surface area (Å²) in [6.45, 7) is 8.22. The molecule has 2 aliphatic rings. The fraction of sp³-hybridized carbons (Fsp3) is 0.412. The first kappa shape index (κ1) is 33.1. The first-order valence-electron chi connectivity index (χ1n) is 15.9. The number of halogens is 1. The topological polar surface area (TPSA) is 106 Å². The van der Waals surface area contributed by atoms with Crippen LogP contribution >= 0.6 is 11.6 Å². The van der Waals surface area contributed by atoms with Crippen molar-refractivity contribution >= 4 is 38.6 Å². The highest BCUT2D eigenvalue weighted by Crippen LogP contribution is 2.32. The fourth-order valence-electron chi connectivity index (χ4n) is 6.80. The lowest BCUT2D eigenvalue weighted by atomic mass is 10.0. The van der Waals surface area contributed by atoms with Gasteiger partial charge < -0.3 is 19.3 Å². The summed E-state index contributed by atoms with van der Waals surface area (Å²) >= 11 is 6.44. The third-order valence-electron chi connectivity index (χ3n) is 9.23. The lowest BCUT2D eigenvalue weighted by Crippen LogP contribution is -2.51. The highest BCUT2D eigenvalue weighted by atomic mass is 35.5. The van der Waals surface area contributed by atoms with Gasteiger partial charge in [-0.15, -0.1) is 0 Å². The van der Waals surface area contributed by atoms with Gasteiger partial charge in [-0.3, -0.25) is 14.3 Å². The number of amides is 1. The van der Waals surface area contributed by atoms with E-state index in [2.05, 4.69) is 16.7 Å². The maximum absolute atomic E-state index is 14.7. The molecule has 0 spiro atoms. The average Bonchev–Trinajstić information content (AvgIpc) is 3.69. The van der Waals surface area contributed by atoms with Crippen LogP contribution in [0.1, 0.15) is 31.4 Å². The van der Waals surface area contributed by atoms with Gasteiger partial charge in [0.15, 0.2) is 0 Å². The number of likely N-dealkylation sites (tertiary alicyclic amines) is 1. The second-order valence-corrected chi connectivity index (χ2v) is 14.2. The van der Waals surface area contributed by atoms with E-state index in [1.54, 1.807) is 29.2 Å². The van der Waals surface area contributed by atoms with Gasteiger partial charge >= 0.3 is 5.69 Å². The number of nitrogens with zero attached hydrogens (tertiary/aromatic N) is 5. The summed E-state index contributed by atoms with van der Waals surface area (Å²) < 4.78 is 40.9. The molecule has 2 unspecified atom stereocenters. The van der Waals surface area contributed by atoms with E-state index in [1.807, 2.05) is 0 Å². The Morgan fingerprint density at radius 1 is 0.915 bits per heavy atom. The van der Waals surface area contributed by atoms with Crippen molar-refractivity contribution in [3.8, 4) is 11.5 Å². The lowest BCUT2D eigenvalue weighted by molar-refractivity contribution is -0.132. The van der Waals surface area contributed by atoms with Crippen LogP contribution in [0.25, 0.3) is 11.0 Å². The summed E-state index contributed by atoms with van der Waals surface area (Å²) in [4.78, 5) is 35.8. The number of piperazine rings is 1. The number of fused-ring (bicyclic) bond motifs is 1. The van der Waals surface area contributed by atoms with Gasteiger partial charge in [0.1, 0.15) is 17.5 Å². The Morgan fingerprint density at radius 2 is 1.64 bits per heavy atom. The number of hydrogen-bond acceptors (Lipinski definition) is 8. The third kappa shape index (κ3) is 6.39. The standard InChI is InChI=1S/C34H40ClN5O6S/c1-4-15-36-17-19-37(20-18-36)26-14-16-38(23-26)33(41)32(24-6-5-7-28(21-24)46-3)39-31-22-25(35)8-13-30(31)40(34(39)42)47(43,44)29-11-9-27(45-2)10-12-29/h5-13,21-22,26,32H,4,14-20,23H2,1-3H3. The van der Waals surface area contributed by atoms with E-state index < -0.39 is 21.8 Å². The lowest BCUT2D eigenvalue weighted by Gasteiger charge is -2.38. The highest BCUT2D eigenvalue weighted by Gasteiger charge is 2.38. The highest BCUT2D eigenvalue weighted by molar-refractivity contribution is 7.90. The minimum Gasteiger partial charge on any atom is -0.497 e. The molecular formula is C34H40ClN5O6S. The van der Waals surface area contributed by atoms with Crippen molar-refractivity contribution in [2.45, 2.75) is 36.7 Å². The molecule has 0 N–H and O–H groups in total. The Bertz CT molecular complexity index is 1920. The Hall–Kier alpha value is -3.84. The zero-order valence-corrected chi connectivity index (χ0v) is 28.4. The minimum absolute atomic E-state index is 0.0972. The van der Waals surface area contributed by atoms with Gasteiger partial charge in [-0.2, -0.15) is 3.97 Å². The van der Waals surface area contributed by atoms with E-state index in [0.29, 0.717) is 35.2 Å². The van der Waals surface area contributed by atoms with Gasteiger partial charge in [0, 0.05) is 50.3 Å². The van der Waals surface area contributed by atoms with E-state index in [1.165, 1.54) is 61.3 Å². The van der Waals surface area contributed by atoms with Crippen LogP contribution in [0.3, 0.4) is 0 Å². The van der Waals surface area contributed by atoms with Crippen molar-refractivity contribution in [1.82, 2.24) is 23.2 Å². The molecule has 2 aliphatic heterocycles. The Kier molecular flexibility index (Phi) is 9.65. The van der Waals surface area contributed by atoms with E-state index in [0.717, 1.165) is 49.5 Å². The van der Waals surface area contributed by atoms with E-state index in [4.69, 9.17) is 21.1 Å². The third-order valence-corrected chi connectivity index (χ3v) is 11.2. The second kappa shape index (κ2) is 13.7. The molecule has 2 atom stereocenters. The summed E-state index contributed by atoms with van der Waals surface area (Å²) in [6, 6.07) is 16.4. The van der Waals surface area contributed by atoms with Crippen molar-refractivity contribution in [2.75, 3.05) is 60.0 Å². The Labute approximate surface area is 279 Å². The van der Waals surface area contributed by atoms with Gasteiger partial charge in [-0.25, -0.2) is 13.2 Å². The summed E-state index contributed by atoms with van der Waals surface area (Å²) in [5.74, 6) is 0.680. The monoisotopic (exact) mass is 681 g/mol. The normalized spacial score (nSPS) is 18.5. The van der Waals surface area contributed by atoms with E-state index in [9.17, 15) is 18.0 Å². The Morgan fingerprint density at radius 3 is 2.32 bits per heavy atom. The predicted octanol–water partition coefficient (Wildman–Crippen LogP) is 3.93. The zero-order valence-electron chi connectivity index (χ0n) is 26.8. The van der Waals surface area contributed by atoms with Crippen LogP contribution in [-0.4, -0.2) is 104 Å². The van der Waals surface area contributed by atoms with E-state index >= 15 is 0 Å². The molecule has 13 heteroatoms. The second-order valence-electron chi connectivity index (χ2n) is 12.0. The number of carbonyl (C=O) groups is 1. The molecule has 250 valence electrons. The van der Waals surface area contributed by atoms with Gasteiger partial charge in [-0.05, 0) is 79.5 Å². The largest absolute Gasteiger partial charge is 0.497 e. The predicted molar refractivity (Wildman–Crippen MR) is 181 cm³/mol. The number of imidazole rings is 1. The van der Waals surface area contributed by atoms with Crippen LogP contribution in [0.15, 0.2) is 76.4 Å². The first-order chi connectivity index (χ1) is 22.7. The molecule has 0 radical (unpaired) electrons. The maximum atomic E-state index is 14.7. The van der Waals surface area contributed by atoms with Crippen molar-refractivity contribution in [3.63, 3.8) is 0 Å². The molecule has 4 aromatic rings. The number of rotatable bonds is 10. The maximum Gasteiger partial charge on any atom is 0.344 e. The van der Waals surface area contributed by atoms with Crippen molar-refractivity contribution in [1.29, 1.82) is 0 Å². The number of aromatic nitrogens is 2. The van der Waals surface area contributed by atoms with E-state index in [-0.39, 0.29) is 27.9 Å². The van der Waals surface area contributed by atoms with Crippen molar-refractivity contribution in [2.24, 2.45) is 0 Å². The van der Waals surface area contributed by atoms with Crippen LogP contribution in [0.4, 0.5) is 0 Å². The Balaban J connectivity index is 1.43. The summed E-state index contributed by atoms with van der Waals surface area (Å²) in [5.41, 5.74) is -0.0419. The smallest absolute Gasteiger partial charge is 0.344 e. The quantitative estimate of drug-likeness (QED) is 0.248. The molecule has 2 saturated heterocycles. The number of carbonyl (C=O) groups excluding carboxylic acids is 1. The minimum atomic E-state index is -4.39. The van der Waals surface area contributed by atoms with Crippen LogP contribution in [0, 0.1) is 0 Å². The van der Waals surface area contributed by atoms with Crippen molar-refractivity contribution < 1.29 is 22.7 Å². The van der Waals surface area contributed by atoms with Crippen LogP contribution in [-0.2, 0) is 14.8 Å². The van der Waals surface area contributed by atoms with Crippen LogP contribution in [0.5, 0.6) is 11.5 Å². The molecule has 1 aromatic heterocycles. The number of benzene rings is 3. The van der Waals surface area contributed by atoms with Crippen LogP contribution in [0.2, 0.25) is 5.02 Å². The average molecular weight is 682 g/mol. The zero-order chi connectivity index (χ0) is 33.3. The summed E-state index contributed by atoms with van der Waals surface area (Å²) in [7, 11) is -1.38. The molecule has 11 nitrogen and oxygen atoms in total. The molecule has 0 saturated carbocycles. The van der Waals surface area contributed by atoms with Gasteiger partial charge in [0.25, 0.3) is 15.9 Å². The number of methoxy groups -OCH3 is 2. The van der Waals surface area contributed by atoms with Gasteiger partial charge in [-0.1, -0.05) is 30.7 Å². The van der Waals surface area contributed by atoms with Gasteiger partial charge in [0.2, 0.25) is 0 Å². The number of ether oxygens (including phenoxy) is 2. The molecular weight excluding hydrogens is 642 g/mol. The molecule has 3 heterocycles. The molecule has 3 aromatic carbocycles.